The van der Waals surface area contributed by atoms with E-state index in [1.165, 1.54) is 0 Å². The van der Waals surface area contributed by atoms with E-state index in [2.05, 4.69) is 10.6 Å². The summed E-state index contributed by atoms with van der Waals surface area (Å²) in [5.41, 5.74) is 3.06. The summed E-state index contributed by atoms with van der Waals surface area (Å²) < 4.78 is 77.0. The van der Waals surface area contributed by atoms with Gasteiger partial charge in [0.05, 0.1) is 0 Å². The van der Waals surface area contributed by atoms with Crippen LogP contribution in [0.5, 0.6) is 0 Å². The van der Waals surface area contributed by atoms with E-state index in [1.807, 2.05) is 0 Å². The molecule has 0 aliphatic carbocycles. The van der Waals surface area contributed by atoms with E-state index in [4.69, 9.17) is 129 Å². The van der Waals surface area contributed by atoms with Crippen molar-refractivity contribution in [3.63, 3.8) is 0 Å². The SMILES string of the molecule is O=C1COCCOCC(=O)N[C@H](COP(O)(OCc2ccc(Cl)cc2)(OCc2ccc(Cl)cc2)OCc2ccc(Cl)cc2)C(=O)OCCOCCOC(=O)[C@H](COP(O)(OCc2ccc(Cl)cc2)(OCc2ccc(Cl)cc2)OCc2ccc(Cl)cc2)N1. The number of hydrogen-bond acceptors (Lipinski definition) is 19. The molecule has 1 saturated heterocycles. The third-order valence-corrected chi connectivity index (χ3v) is 18.1. The van der Waals surface area contributed by atoms with Gasteiger partial charge >= 0.3 is 535 Å². The van der Waals surface area contributed by atoms with Gasteiger partial charge in [0.2, 0.25) is 0 Å². The molecule has 0 radical (unpaired) electrons. The summed E-state index contributed by atoms with van der Waals surface area (Å²) in [5, 5.41) is 7.56. The summed E-state index contributed by atoms with van der Waals surface area (Å²) in [6.07, 6.45) is 0. The second kappa shape index (κ2) is 33.9. The van der Waals surface area contributed by atoms with Crippen molar-refractivity contribution in [2.24, 2.45) is 0 Å². The monoisotopic (exact) mass is 1360 g/mol. The number of benzene rings is 6. The number of ether oxygens (including phenoxy) is 5. The molecular formula is C58H62Cl6N2O19P2. The second-order valence-electron chi connectivity index (χ2n) is 18.8. The molecule has 6 aromatic rings. The first-order valence-electron chi connectivity index (χ1n) is 26.6. The van der Waals surface area contributed by atoms with Gasteiger partial charge in [-0.2, -0.15) is 0 Å². The molecule has 0 unspecified atom stereocenters. The number of rotatable bonds is 24. The Morgan fingerprint density at radius 2 is 0.563 bits per heavy atom. The van der Waals surface area contributed by atoms with Crippen LogP contribution in [-0.4, -0.2) is 112 Å². The van der Waals surface area contributed by atoms with Crippen molar-refractivity contribution in [3.05, 3.63) is 209 Å². The molecule has 2 atom stereocenters. The van der Waals surface area contributed by atoms with Crippen LogP contribution in [0.25, 0.3) is 0 Å². The van der Waals surface area contributed by atoms with Crippen molar-refractivity contribution in [2.45, 2.75) is 51.7 Å². The first kappa shape index (κ1) is 69.7. The van der Waals surface area contributed by atoms with Crippen LogP contribution in [0.4, 0.5) is 0 Å². The van der Waals surface area contributed by atoms with Crippen LogP contribution in [0.3, 0.4) is 0 Å². The van der Waals surface area contributed by atoms with Gasteiger partial charge in [-0.3, -0.25) is 0 Å². The predicted molar refractivity (Wildman–Crippen MR) is 326 cm³/mol. The molecule has 2 amide bonds. The van der Waals surface area contributed by atoms with Crippen molar-refractivity contribution in [3.8, 4) is 0 Å². The van der Waals surface area contributed by atoms with Gasteiger partial charge in [0.15, 0.2) is 0 Å². The normalized spacial score (nSPS) is 17.5. The van der Waals surface area contributed by atoms with Crippen LogP contribution in [-0.2, 0) is 119 Å². The number of carbonyl (C=O) groups excluding carboxylic acids is 4. The zero-order valence-electron chi connectivity index (χ0n) is 46.3. The van der Waals surface area contributed by atoms with E-state index in [0.29, 0.717) is 63.5 Å². The third-order valence-electron chi connectivity index (χ3n) is 12.1. The minimum absolute atomic E-state index is 0.263. The van der Waals surface area contributed by atoms with Gasteiger partial charge < -0.3 is 0 Å². The second-order valence-corrected chi connectivity index (χ2v) is 26.6. The van der Waals surface area contributed by atoms with Crippen molar-refractivity contribution < 1.29 is 88.8 Å². The molecule has 0 aromatic heterocycles. The van der Waals surface area contributed by atoms with E-state index < -0.39 is 91.0 Å². The molecule has 1 fully saturated rings. The van der Waals surface area contributed by atoms with Crippen molar-refractivity contribution >= 4 is 109 Å². The Morgan fingerprint density at radius 3 is 0.793 bits per heavy atom. The van der Waals surface area contributed by atoms with Crippen molar-refractivity contribution in [2.75, 3.05) is 66.1 Å². The fourth-order valence-corrected chi connectivity index (χ4v) is 12.0. The van der Waals surface area contributed by atoms with Gasteiger partial charge in [0.1, 0.15) is 0 Å². The van der Waals surface area contributed by atoms with Crippen LogP contribution in [0, 0.1) is 0 Å². The predicted octanol–water partition coefficient (Wildman–Crippen LogP) is 11.6. The molecule has 1 aliphatic rings. The maximum atomic E-state index is 13.9. The van der Waals surface area contributed by atoms with Crippen LogP contribution in [0.1, 0.15) is 33.4 Å². The van der Waals surface area contributed by atoms with E-state index in [0.717, 1.165) is 0 Å². The van der Waals surface area contributed by atoms with Crippen molar-refractivity contribution in [1.82, 2.24) is 10.6 Å². The molecule has 1 aliphatic heterocycles. The Bertz CT molecular complexity index is 2710. The third kappa shape index (κ3) is 23.9. The Morgan fingerprint density at radius 1 is 0.345 bits per heavy atom. The van der Waals surface area contributed by atoms with E-state index >= 15 is 0 Å². The topological polar surface area (TPSA) is 253 Å². The number of carbonyl (C=O) groups is 4. The zero-order chi connectivity index (χ0) is 62.2. The van der Waals surface area contributed by atoms with Gasteiger partial charge in [-0.05, 0) is 0 Å². The molecule has 29 heteroatoms. The molecule has 0 spiro atoms. The van der Waals surface area contributed by atoms with Gasteiger partial charge in [-0.1, -0.05) is 0 Å². The summed E-state index contributed by atoms with van der Waals surface area (Å²) in [4.78, 5) is 80.5. The molecule has 87 heavy (non-hydrogen) atoms. The van der Waals surface area contributed by atoms with E-state index in [1.54, 1.807) is 146 Å². The summed E-state index contributed by atoms with van der Waals surface area (Å²) in [6.45, 7) is -7.10. The van der Waals surface area contributed by atoms with Crippen LogP contribution in [0.2, 0.25) is 30.1 Å². The summed E-state index contributed by atoms with van der Waals surface area (Å²) in [5.74, 6) is -3.83. The molecule has 21 nitrogen and oxygen atoms in total. The number of cyclic esters (lactones) is 2. The minimum atomic E-state index is -5.90. The molecule has 7 rings (SSSR count). The number of esters is 2. The first-order valence-corrected chi connectivity index (χ1v) is 32.6. The molecule has 4 N–H and O–H groups in total. The molecule has 0 saturated carbocycles. The summed E-state index contributed by atoms with van der Waals surface area (Å²) in [6, 6.07) is 35.5. The van der Waals surface area contributed by atoms with E-state index in [9.17, 15) is 29.0 Å². The Balaban J connectivity index is 1.06. The van der Waals surface area contributed by atoms with Crippen LogP contribution < -0.4 is 10.6 Å². The molecule has 6 aromatic carbocycles. The Kier molecular flexibility index (Phi) is 27.2. The quantitative estimate of drug-likeness (QED) is 0.0325. The average Bonchev–Trinajstić information content (AvgIpc) is 3.66. The maximum absolute atomic E-state index is 13.9. The first-order chi connectivity index (χ1) is 41.7. The molecule has 1 heterocycles. The van der Waals surface area contributed by atoms with Crippen LogP contribution >= 0.6 is 85.1 Å². The van der Waals surface area contributed by atoms with Gasteiger partial charge in [0, 0.05) is 0 Å². The van der Waals surface area contributed by atoms with E-state index in [-0.39, 0.29) is 66.1 Å². The number of hydrogen-bond donors (Lipinski definition) is 4. The fourth-order valence-electron chi connectivity index (χ4n) is 7.39. The summed E-state index contributed by atoms with van der Waals surface area (Å²) in [7, 11) is -11.8. The number of amides is 2. The van der Waals surface area contributed by atoms with Gasteiger partial charge in [-0.15, -0.1) is 0 Å². The molecule has 470 valence electrons. The number of halogens is 6. The van der Waals surface area contributed by atoms with Crippen molar-refractivity contribution in [1.29, 1.82) is 0 Å². The standard InChI is InChI=1S/C58H62Cl6N2O19P2/c59-47-13-1-41(2-14-47)31-78-86(71,79-32-42-3-15-48(60)16-4-42,80-33-43-5-17-49(61)18-6-43)84-37-53-57(69)76-29-27-73-28-30-77-58(70)54(66-56(68)40-75-26-25-74-39-55(67)65-53)38-85-87(72,81-34-44-7-19-50(62)20-8-44,82-35-45-9-21-51(63)22-10-45)83-36-46-11-23-52(64)24-12-46/h1-24,53-54,71-72H,25-40H2,(H,65,67)(H,66,68)/t53-,54+. The Labute approximate surface area is 532 Å². The van der Waals surface area contributed by atoms with Gasteiger partial charge in [-0.25, -0.2) is 0 Å². The van der Waals surface area contributed by atoms with Gasteiger partial charge in [0.25, 0.3) is 0 Å². The average molecular weight is 1370 g/mol. The zero-order valence-corrected chi connectivity index (χ0v) is 52.6. The number of nitrogens with one attached hydrogen (secondary N) is 2. The Hall–Kier alpha value is -4.72. The molecule has 0 bridgehead atoms. The molecular weight excluding hydrogens is 1300 g/mol. The fraction of sp³-hybridized carbons (Fsp3) is 0.310. The van der Waals surface area contributed by atoms with Crippen LogP contribution in [0.15, 0.2) is 146 Å². The summed E-state index contributed by atoms with van der Waals surface area (Å²) >= 11 is 36.9.